The number of nitrogen functional groups attached to an aromatic ring is 1. The van der Waals surface area contributed by atoms with E-state index in [-0.39, 0.29) is 17.5 Å². The summed E-state index contributed by atoms with van der Waals surface area (Å²) in [5, 5.41) is 2.71. The van der Waals surface area contributed by atoms with Crippen LogP contribution in [0.2, 0.25) is 0 Å². The highest BCUT2D eigenvalue weighted by atomic mass is 19.4. The summed E-state index contributed by atoms with van der Waals surface area (Å²) in [5.41, 5.74) is 3.87. The lowest BCUT2D eigenvalue weighted by Crippen LogP contribution is -2.38. The van der Waals surface area contributed by atoms with Gasteiger partial charge in [0.2, 0.25) is 0 Å². The van der Waals surface area contributed by atoms with E-state index in [2.05, 4.69) is 5.32 Å². The van der Waals surface area contributed by atoms with Crippen molar-refractivity contribution in [1.82, 2.24) is 5.32 Å². The van der Waals surface area contributed by atoms with Crippen LogP contribution in [-0.4, -0.2) is 25.2 Å². The average Bonchev–Trinajstić information content (AvgIpc) is 2.91. The van der Waals surface area contributed by atoms with Crippen LogP contribution in [0.5, 0.6) is 0 Å². The maximum absolute atomic E-state index is 12.8. The van der Waals surface area contributed by atoms with Gasteiger partial charge in [-0.3, -0.25) is 4.79 Å². The molecule has 1 saturated heterocycles. The van der Waals surface area contributed by atoms with Crippen molar-refractivity contribution >= 4 is 11.6 Å². The third kappa shape index (κ3) is 3.66. The van der Waals surface area contributed by atoms with Crippen LogP contribution in [0.1, 0.15) is 29.3 Å². The monoisotopic (exact) mass is 302 g/mol. The number of nitrogens with one attached hydrogen (secondary N) is 1. The molecule has 21 heavy (non-hydrogen) atoms. The number of alkyl halides is 3. The fraction of sp³-hybridized carbons (Fsp3) is 0.500. The summed E-state index contributed by atoms with van der Waals surface area (Å²) < 4.78 is 43.5. The molecule has 0 spiro atoms. The van der Waals surface area contributed by atoms with Crippen LogP contribution in [0.25, 0.3) is 0 Å². The third-order valence-electron chi connectivity index (χ3n) is 3.65. The summed E-state index contributed by atoms with van der Waals surface area (Å²) in [5.74, 6) is -0.357. The highest BCUT2D eigenvalue weighted by Gasteiger charge is 2.34. The quantitative estimate of drug-likeness (QED) is 0.843. The largest absolute Gasteiger partial charge is 0.418 e. The fourth-order valence-corrected chi connectivity index (χ4v) is 2.30. The number of halogens is 3. The van der Waals surface area contributed by atoms with Crippen molar-refractivity contribution in [1.29, 1.82) is 0 Å². The Bertz CT molecular complexity index is 525. The molecular formula is C14H17F3N2O2. The molecule has 0 aliphatic carbocycles. The van der Waals surface area contributed by atoms with E-state index in [1.165, 1.54) is 6.07 Å². The summed E-state index contributed by atoms with van der Waals surface area (Å²) in [6, 6.07) is 3.01. The van der Waals surface area contributed by atoms with Gasteiger partial charge in [0.15, 0.2) is 0 Å². The smallest absolute Gasteiger partial charge is 0.398 e. The second-order valence-electron chi connectivity index (χ2n) is 5.19. The Hall–Kier alpha value is -1.76. The highest BCUT2D eigenvalue weighted by Crippen LogP contribution is 2.34. The van der Waals surface area contributed by atoms with Crippen LogP contribution in [-0.2, 0) is 10.9 Å². The van der Waals surface area contributed by atoms with Gasteiger partial charge in [-0.25, -0.2) is 0 Å². The van der Waals surface area contributed by atoms with Gasteiger partial charge in [0.1, 0.15) is 0 Å². The van der Waals surface area contributed by atoms with Gasteiger partial charge in [0, 0.05) is 29.8 Å². The first-order valence-corrected chi connectivity index (χ1v) is 6.64. The number of nitrogens with two attached hydrogens (primary N) is 1. The molecule has 1 aromatic rings. The highest BCUT2D eigenvalue weighted by molar-refractivity contribution is 5.95. The first-order chi connectivity index (χ1) is 9.79. The predicted octanol–water partition coefficient (Wildman–Crippen LogP) is 2.44. The van der Waals surface area contributed by atoms with Crippen LogP contribution in [0.4, 0.5) is 18.9 Å². The standard InChI is InChI=1S/C14H17F3N2O2/c1-8(10-4-5-21-7-10)19-13(20)9-2-3-12(18)11(6-9)14(15,16)17/h2-3,6,8,10H,4-5,7,18H2,1H3,(H,19,20). The van der Waals surface area contributed by atoms with Gasteiger partial charge >= 0.3 is 6.18 Å². The summed E-state index contributed by atoms with van der Waals surface area (Å²) >= 11 is 0. The number of hydrogen-bond donors (Lipinski definition) is 2. The van der Waals surface area contributed by atoms with E-state index < -0.39 is 23.3 Å². The Morgan fingerprint density at radius 2 is 2.19 bits per heavy atom. The number of carbonyl (C=O) groups is 1. The van der Waals surface area contributed by atoms with E-state index in [0.717, 1.165) is 18.6 Å². The van der Waals surface area contributed by atoms with Crippen LogP contribution < -0.4 is 11.1 Å². The molecule has 7 heteroatoms. The Morgan fingerprint density at radius 3 is 2.76 bits per heavy atom. The maximum atomic E-state index is 12.8. The summed E-state index contributed by atoms with van der Waals surface area (Å²) in [7, 11) is 0. The van der Waals surface area contributed by atoms with Crippen molar-refractivity contribution in [2.45, 2.75) is 25.6 Å². The van der Waals surface area contributed by atoms with Crippen LogP contribution in [0.15, 0.2) is 18.2 Å². The zero-order valence-electron chi connectivity index (χ0n) is 11.5. The summed E-state index contributed by atoms with van der Waals surface area (Å²) in [6.07, 6.45) is -3.75. The second-order valence-corrected chi connectivity index (χ2v) is 5.19. The molecule has 0 aromatic heterocycles. The minimum absolute atomic E-state index is 0.0534. The van der Waals surface area contributed by atoms with E-state index in [9.17, 15) is 18.0 Å². The number of ether oxygens (including phenoxy) is 1. The number of benzene rings is 1. The van der Waals surface area contributed by atoms with Gasteiger partial charge < -0.3 is 15.8 Å². The predicted molar refractivity (Wildman–Crippen MR) is 71.7 cm³/mol. The minimum Gasteiger partial charge on any atom is -0.398 e. The van der Waals surface area contributed by atoms with Crippen molar-refractivity contribution in [3.8, 4) is 0 Å². The lowest BCUT2D eigenvalue weighted by atomic mass is 10.00. The number of rotatable bonds is 3. The van der Waals surface area contributed by atoms with E-state index in [0.29, 0.717) is 13.2 Å². The molecule has 1 aliphatic heterocycles. The Balaban J connectivity index is 2.12. The van der Waals surface area contributed by atoms with Crippen molar-refractivity contribution in [3.05, 3.63) is 29.3 Å². The van der Waals surface area contributed by atoms with E-state index >= 15 is 0 Å². The maximum Gasteiger partial charge on any atom is 0.418 e. The summed E-state index contributed by atoms with van der Waals surface area (Å²) in [4.78, 5) is 12.0. The average molecular weight is 302 g/mol. The van der Waals surface area contributed by atoms with E-state index in [1.807, 2.05) is 6.92 Å². The first-order valence-electron chi connectivity index (χ1n) is 6.64. The van der Waals surface area contributed by atoms with Crippen molar-refractivity contribution in [2.24, 2.45) is 5.92 Å². The Morgan fingerprint density at radius 1 is 1.48 bits per heavy atom. The van der Waals surface area contributed by atoms with Gasteiger partial charge in [-0.2, -0.15) is 13.2 Å². The zero-order valence-corrected chi connectivity index (χ0v) is 11.5. The Kier molecular flexibility index (Phi) is 4.41. The molecule has 3 N–H and O–H groups in total. The fourth-order valence-electron chi connectivity index (χ4n) is 2.30. The van der Waals surface area contributed by atoms with Crippen molar-refractivity contribution < 1.29 is 22.7 Å². The lowest BCUT2D eigenvalue weighted by Gasteiger charge is -2.19. The van der Waals surface area contributed by atoms with Crippen molar-refractivity contribution in [3.63, 3.8) is 0 Å². The van der Waals surface area contributed by atoms with Gasteiger partial charge in [-0.15, -0.1) is 0 Å². The molecule has 2 atom stereocenters. The minimum atomic E-state index is -4.58. The molecule has 1 aliphatic rings. The zero-order chi connectivity index (χ0) is 15.6. The molecule has 0 bridgehead atoms. The third-order valence-corrected chi connectivity index (χ3v) is 3.65. The second kappa shape index (κ2) is 5.93. The Labute approximate surface area is 120 Å². The molecule has 1 heterocycles. The van der Waals surface area contributed by atoms with Crippen LogP contribution >= 0.6 is 0 Å². The number of hydrogen-bond acceptors (Lipinski definition) is 3. The van der Waals surface area contributed by atoms with E-state index in [1.54, 1.807) is 0 Å². The first kappa shape index (κ1) is 15.6. The number of carbonyl (C=O) groups excluding carboxylic acids is 1. The lowest BCUT2D eigenvalue weighted by molar-refractivity contribution is -0.136. The van der Waals surface area contributed by atoms with Crippen LogP contribution in [0.3, 0.4) is 0 Å². The molecule has 0 saturated carbocycles. The normalized spacial score (nSPS) is 20.3. The molecule has 1 amide bonds. The molecule has 4 nitrogen and oxygen atoms in total. The number of anilines is 1. The molecule has 1 aromatic carbocycles. The molecule has 0 radical (unpaired) electrons. The van der Waals surface area contributed by atoms with Gasteiger partial charge in [0.05, 0.1) is 12.2 Å². The summed E-state index contributed by atoms with van der Waals surface area (Å²) in [6.45, 7) is 3.02. The molecular weight excluding hydrogens is 285 g/mol. The SMILES string of the molecule is CC(NC(=O)c1ccc(N)c(C(F)(F)F)c1)C1CCOC1. The molecule has 2 unspecified atom stereocenters. The van der Waals surface area contributed by atoms with E-state index in [4.69, 9.17) is 10.5 Å². The van der Waals surface area contributed by atoms with Gasteiger partial charge in [-0.1, -0.05) is 0 Å². The van der Waals surface area contributed by atoms with Crippen LogP contribution in [0, 0.1) is 5.92 Å². The van der Waals surface area contributed by atoms with Gasteiger partial charge in [-0.05, 0) is 31.5 Å². The topological polar surface area (TPSA) is 64.4 Å². The molecule has 2 rings (SSSR count). The van der Waals surface area contributed by atoms with Crippen molar-refractivity contribution in [2.75, 3.05) is 18.9 Å². The number of amides is 1. The molecule has 116 valence electrons. The molecule has 1 fully saturated rings. The van der Waals surface area contributed by atoms with Gasteiger partial charge in [0.25, 0.3) is 5.91 Å².